The Hall–Kier alpha value is -1.69. The molecule has 188 valence electrons. The fourth-order valence-electron chi connectivity index (χ4n) is 5.23. The zero-order valence-corrected chi connectivity index (χ0v) is 22.6. The van der Waals surface area contributed by atoms with Crippen molar-refractivity contribution in [1.29, 1.82) is 0 Å². The molecule has 4 nitrogen and oxygen atoms in total. The first-order valence-corrected chi connectivity index (χ1v) is 13.9. The van der Waals surface area contributed by atoms with Gasteiger partial charge in [-0.15, -0.1) is 11.3 Å². The van der Waals surface area contributed by atoms with Gasteiger partial charge in [0, 0.05) is 30.3 Å². The first-order valence-electron chi connectivity index (χ1n) is 13.0. The number of aliphatic hydroxyl groups is 1. The van der Waals surface area contributed by atoms with Gasteiger partial charge in [-0.2, -0.15) is 0 Å². The van der Waals surface area contributed by atoms with Gasteiger partial charge in [-0.3, -0.25) is 4.79 Å². The molecule has 2 aromatic rings. The van der Waals surface area contributed by atoms with Crippen molar-refractivity contribution in [1.82, 2.24) is 10.6 Å². The van der Waals surface area contributed by atoms with Crippen LogP contribution in [0.25, 0.3) is 0 Å². The minimum atomic E-state index is -0.662. The maximum Gasteiger partial charge on any atom is 0.217 e. The summed E-state index contributed by atoms with van der Waals surface area (Å²) in [5, 5.41) is 20.2. The first kappa shape index (κ1) is 26.9. The van der Waals surface area contributed by atoms with Gasteiger partial charge in [0.15, 0.2) is 0 Å². The van der Waals surface area contributed by atoms with Crippen molar-refractivity contribution in [3.63, 3.8) is 0 Å². The Kier molecular flexibility index (Phi) is 9.36. The Bertz CT molecular complexity index is 924. The van der Waals surface area contributed by atoms with E-state index in [1.54, 1.807) is 11.3 Å². The molecular formula is C29H44N2O2S. The molecule has 1 saturated carbocycles. The number of carbonyl (C=O) groups is 1. The summed E-state index contributed by atoms with van der Waals surface area (Å²) >= 11 is 1.73. The summed E-state index contributed by atoms with van der Waals surface area (Å²) in [5.74, 6) is -0.0945. The van der Waals surface area contributed by atoms with Gasteiger partial charge in [-0.25, -0.2) is 0 Å². The molecule has 1 fully saturated rings. The van der Waals surface area contributed by atoms with Crippen LogP contribution in [-0.4, -0.2) is 29.7 Å². The van der Waals surface area contributed by atoms with E-state index >= 15 is 0 Å². The zero-order valence-electron chi connectivity index (χ0n) is 21.7. The van der Waals surface area contributed by atoms with E-state index in [2.05, 4.69) is 74.0 Å². The molecule has 0 radical (unpaired) electrons. The molecule has 1 aromatic carbocycles. The number of hydrogen-bond donors (Lipinski definition) is 3. The second kappa shape index (κ2) is 11.8. The molecule has 5 heteroatoms. The number of amides is 1. The average Bonchev–Trinajstić information content (AvgIpc) is 3.24. The van der Waals surface area contributed by atoms with E-state index in [1.165, 1.54) is 47.8 Å². The van der Waals surface area contributed by atoms with Crippen LogP contribution in [0, 0.1) is 0 Å². The van der Waals surface area contributed by atoms with E-state index in [-0.39, 0.29) is 22.9 Å². The predicted octanol–water partition coefficient (Wildman–Crippen LogP) is 5.86. The van der Waals surface area contributed by atoms with Crippen molar-refractivity contribution in [2.45, 2.75) is 109 Å². The highest BCUT2D eigenvalue weighted by Gasteiger charge is 2.35. The molecule has 1 amide bonds. The minimum absolute atomic E-state index is 0.0945. The van der Waals surface area contributed by atoms with Gasteiger partial charge in [0.1, 0.15) is 0 Å². The van der Waals surface area contributed by atoms with Crippen LogP contribution in [-0.2, 0) is 28.6 Å². The largest absolute Gasteiger partial charge is 0.390 e. The van der Waals surface area contributed by atoms with Crippen molar-refractivity contribution < 1.29 is 9.90 Å². The van der Waals surface area contributed by atoms with Crippen molar-refractivity contribution >= 4 is 17.2 Å². The SMILES string of the molecule is CCCc1ccsc1CC(NC(C)=O)C(O)CNC1(c2cccc(C(C)(C)C)c2)CCCCC1. The van der Waals surface area contributed by atoms with E-state index in [9.17, 15) is 9.90 Å². The summed E-state index contributed by atoms with van der Waals surface area (Å²) in [5.41, 5.74) is 3.97. The third kappa shape index (κ3) is 6.93. The van der Waals surface area contributed by atoms with Crippen molar-refractivity contribution in [3.8, 4) is 0 Å². The maximum atomic E-state index is 12.0. The molecule has 0 aliphatic heterocycles. The molecule has 1 aromatic heterocycles. The summed E-state index contributed by atoms with van der Waals surface area (Å²) in [6.45, 7) is 10.9. The molecule has 2 atom stereocenters. The van der Waals surface area contributed by atoms with Crippen molar-refractivity contribution in [2.75, 3.05) is 6.54 Å². The number of benzene rings is 1. The lowest BCUT2D eigenvalue weighted by atomic mass is 9.74. The van der Waals surface area contributed by atoms with E-state index in [1.807, 2.05) is 0 Å². The molecule has 1 aliphatic rings. The molecule has 2 unspecified atom stereocenters. The van der Waals surface area contributed by atoms with Gasteiger partial charge < -0.3 is 15.7 Å². The Balaban J connectivity index is 1.79. The highest BCUT2D eigenvalue weighted by molar-refractivity contribution is 7.10. The number of aryl methyl sites for hydroxylation is 1. The Morgan fingerprint density at radius 1 is 1.18 bits per heavy atom. The van der Waals surface area contributed by atoms with Crippen LogP contribution in [0.5, 0.6) is 0 Å². The molecule has 34 heavy (non-hydrogen) atoms. The summed E-state index contributed by atoms with van der Waals surface area (Å²) in [6.07, 6.45) is 7.92. The predicted molar refractivity (Wildman–Crippen MR) is 144 cm³/mol. The van der Waals surface area contributed by atoms with E-state index in [4.69, 9.17) is 0 Å². The normalized spacial score (nSPS) is 17.8. The third-order valence-corrected chi connectivity index (χ3v) is 8.24. The lowest BCUT2D eigenvalue weighted by Gasteiger charge is -2.41. The van der Waals surface area contributed by atoms with Crippen LogP contribution in [0.1, 0.15) is 94.7 Å². The minimum Gasteiger partial charge on any atom is -0.390 e. The average molecular weight is 485 g/mol. The summed E-state index contributed by atoms with van der Waals surface area (Å²) in [7, 11) is 0. The van der Waals surface area contributed by atoms with Gasteiger partial charge in [-0.05, 0) is 52.8 Å². The number of rotatable bonds is 10. The van der Waals surface area contributed by atoms with Crippen LogP contribution in [0.2, 0.25) is 0 Å². The van der Waals surface area contributed by atoms with Gasteiger partial charge in [0.2, 0.25) is 5.91 Å². The highest BCUT2D eigenvalue weighted by atomic mass is 32.1. The first-order chi connectivity index (χ1) is 16.1. The number of carbonyl (C=O) groups excluding carboxylic acids is 1. The summed E-state index contributed by atoms with van der Waals surface area (Å²) < 4.78 is 0. The van der Waals surface area contributed by atoms with Crippen LogP contribution < -0.4 is 10.6 Å². The van der Waals surface area contributed by atoms with Crippen LogP contribution in [0.15, 0.2) is 35.7 Å². The molecule has 0 spiro atoms. The van der Waals surface area contributed by atoms with Gasteiger partial charge in [-0.1, -0.05) is 77.6 Å². The molecule has 1 aliphatic carbocycles. The van der Waals surface area contributed by atoms with Gasteiger partial charge >= 0.3 is 0 Å². The summed E-state index contributed by atoms with van der Waals surface area (Å²) in [6, 6.07) is 10.9. The fraction of sp³-hybridized carbons (Fsp3) is 0.621. The van der Waals surface area contributed by atoms with Gasteiger partial charge in [0.05, 0.1) is 12.1 Å². The van der Waals surface area contributed by atoms with E-state index in [0.29, 0.717) is 13.0 Å². The lowest BCUT2D eigenvalue weighted by Crippen LogP contribution is -2.53. The fourth-order valence-corrected chi connectivity index (χ4v) is 6.22. The topological polar surface area (TPSA) is 61.4 Å². The Morgan fingerprint density at radius 2 is 1.91 bits per heavy atom. The van der Waals surface area contributed by atoms with Crippen LogP contribution in [0.3, 0.4) is 0 Å². The van der Waals surface area contributed by atoms with Gasteiger partial charge in [0.25, 0.3) is 0 Å². The molecule has 3 rings (SSSR count). The molecule has 0 saturated heterocycles. The maximum absolute atomic E-state index is 12.0. The van der Waals surface area contributed by atoms with E-state index in [0.717, 1.165) is 25.7 Å². The number of thiophene rings is 1. The lowest BCUT2D eigenvalue weighted by molar-refractivity contribution is -0.120. The molecular weight excluding hydrogens is 440 g/mol. The highest BCUT2D eigenvalue weighted by Crippen LogP contribution is 2.38. The Morgan fingerprint density at radius 3 is 2.56 bits per heavy atom. The monoisotopic (exact) mass is 484 g/mol. The quantitative estimate of drug-likeness (QED) is 0.396. The van der Waals surface area contributed by atoms with Crippen LogP contribution >= 0.6 is 11.3 Å². The standard InChI is InChI=1S/C29H44N2O2S/c1-6-11-22-14-17-34-27(22)19-25(31-21(2)32)26(33)20-30-29(15-8-7-9-16-29)24-13-10-12-23(18-24)28(3,4)5/h10,12-14,17-18,25-26,30,33H,6-9,11,15-16,19-20H2,1-5H3,(H,31,32). The Labute approximate surface area is 210 Å². The van der Waals surface area contributed by atoms with Crippen molar-refractivity contribution in [3.05, 3.63) is 57.3 Å². The molecule has 3 N–H and O–H groups in total. The number of nitrogens with one attached hydrogen (secondary N) is 2. The summed E-state index contributed by atoms with van der Waals surface area (Å²) in [4.78, 5) is 13.2. The smallest absolute Gasteiger partial charge is 0.217 e. The second-order valence-electron chi connectivity index (χ2n) is 11.1. The van der Waals surface area contributed by atoms with Crippen LogP contribution in [0.4, 0.5) is 0 Å². The molecule has 1 heterocycles. The number of hydrogen-bond acceptors (Lipinski definition) is 4. The number of aliphatic hydroxyl groups excluding tert-OH is 1. The zero-order chi connectivity index (χ0) is 24.8. The van der Waals surface area contributed by atoms with E-state index < -0.39 is 6.10 Å². The second-order valence-corrected chi connectivity index (χ2v) is 12.1. The third-order valence-electron chi connectivity index (χ3n) is 7.25. The molecule has 0 bridgehead atoms. The van der Waals surface area contributed by atoms with Crippen molar-refractivity contribution in [2.24, 2.45) is 0 Å².